The summed E-state index contributed by atoms with van der Waals surface area (Å²) in [4.78, 5) is 4.21. The minimum absolute atomic E-state index is 0. The van der Waals surface area contributed by atoms with Crippen molar-refractivity contribution in [1.82, 2.24) is 10.6 Å². The summed E-state index contributed by atoms with van der Waals surface area (Å²) >= 11 is 0. The van der Waals surface area contributed by atoms with Gasteiger partial charge in [-0.05, 0) is 30.2 Å². The van der Waals surface area contributed by atoms with Crippen LogP contribution in [0, 0.1) is 0 Å². The van der Waals surface area contributed by atoms with Crippen LogP contribution in [-0.4, -0.2) is 32.8 Å². The van der Waals surface area contributed by atoms with Gasteiger partial charge in [0, 0.05) is 26.7 Å². The Morgan fingerprint density at radius 1 is 1.00 bits per heavy atom. The minimum atomic E-state index is 0. The third-order valence-electron chi connectivity index (χ3n) is 3.57. The van der Waals surface area contributed by atoms with Gasteiger partial charge in [0.2, 0.25) is 0 Å². The second-order valence-electron chi connectivity index (χ2n) is 5.47. The van der Waals surface area contributed by atoms with Gasteiger partial charge in [0.05, 0.1) is 6.61 Å². The number of nitrogens with one attached hydrogen (secondary N) is 2. The molecule has 2 N–H and O–H groups in total. The first-order valence-electron chi connectivity index (χ1n) is 8.59. The molecule has 0 aliphatic carbocycles. The van der Waals surface area contributed by atoms with Crippen LogP contribution in [0.4, 0.5) is 0 Å². The van der Waals surface area contributed by atoms with Crippen molar-refractivity contribution in [3.8, 4) is 5.75 Å². The summed E-state index contributed by atoms with van der Waals surface area (Å²) in [5, 5.41) is 6.51. The lowest BCUT2D eigenvalue weighted by Crippen LogP contribution is -2.38. The van der Waals surface area contributed by atoms with Crippen molar-refractivity contribution in [2.75, 3.05) is 26.8 Å². The molecule has 0 heterocycles. The van der Waals surface area contributed by atoms with E-state index < -0.39 is 0 Å². The molecule has 2 rings (SSSR count). The topological polar surface area (TPSA) is 54.9 Å². The maximum absolute atomic E-state index is 5.87. The molecule has 0 saturated heterocycles. The predicted molar refractivity (Wildman–Crippen MR) is 117 cm³/mol. The maximum atomic E-state index is 5.87. The molecule has 0 aliphatic heterocycles. The van der Waals surface area contributed by atoms with Crippen LogP contribution in [0.2, 0.25) is 0 Å². The molecule has 0 aliphatic rings. The molecule has 6 heteroatoms. The molecule has 142 valence electrons. The fourth-order valence-corrected chi connectivity index (χ4v) is 2.28. The van der Waals surface area contributed by atoms with E-state index in [-0.39, 0.29) is 24.0 Å². The Labute approximate surface area is 173 Å². The molecule has 5 nitrogen and oxygen atoms in total. The van der Waals surface area contributed by atoms with Crippen LogP contribution < -0.4 is 15.4 Å². The Hall–Kier alpha value is -1.80. The summed E-state index contributed by atoms with van der Waals surface area (Å²) in [5.41, 5.74) is 2.29. The van der Waals surface area contributed by atoms with Crippen LogP contribution in [-0.2, 0) is 17.9 Å². The second-order valence-corrected chi connectivity index (χ2v) is 5.47. The van der Waals surface area contributed by atoms with Crippen LogP contribution in [0.25, 0.3) is 0 Å². The molecule has 0 fully saturated rings. The average molecular weight is 469 g/mol. The number of hydrogen-bond acceptors (Lipinski definition) is 3. The van der Waals surface area contributed by atoms with Gasteiger partial charge in [0.15, 0.2) is 5.96 Å². The molecule has 0 radical (unpaired) electrons. The number of halogens is 1. The van der Waals surface area contributed by atoms with Gasteiger partial charge in [-0.2, -0.15) is 0 Å². The molecular formula is C20H28IN3O2. The molecule has 2 aromatic rings. The Morgan fingerprint density at radius 3 is 2.50 bits per heavy atom. The molecule has 0 spiro atoms. The fraction of sp³-hybridized carbons (Fsp3) is 0.350. The first-order valence-corrected chi connectivity index (χ1v) is 8.59. The monoisotopic (exact) mass is 469 g/mol. The van der Waals surface area contributed by atoms with Gasteiger partial charge in [0.1, 0.15) is 12.4 Å². The zero-order chi connectivity index (χ0) is 17.7. The standard InChI is InChI=1S/C20H27N3O2.HI/c1-3-24-13-12-22-20(21-2)23-15-18-10-7-11-19(14-18)25-16-17-8-5-4-6-9-17;/h4-11,14H,3,12-13,15-16H2,1-2H3,(H2,21,22,23);1H. The van der Waals surface area contributed by atoms with E-state index in [2.05, 4.69) is 33.8 Å². The molecule has 0 bridgehead atoms. The lowest BCUT2D eigenvalue weighted by atomic mass is 10.2. The molecule has 0 amide bonds. The van der Waals surface area contributed by atoms with Gasteiger partial charge in [0.25, 0.3) is 0 Å². The van der Waals surface area contributed by atoms with E-state index in [0.717, 1.165) is 36.0 Å². The molecule has 2 aromatic carbocycles. The highest BCUT2D eigenvalue weighted by Crippen LogP contribution is 2.15. The second kappa shape index (κ2) is 13.4. The van der Waals surface area contributed by atoms with E-state index in [1.165, 1.54) is 0 Å². The summed E-state index contributed by atoms with van der Waals surface area (Å²) in [5.74, 6) is 1.62. The number of benzene rings is 2. The highest BCUT2D eigenvalue weighted by atomic mass is 127. The molecule has 0 saturated carbocycles. The highest BCUT2D eigenvalue weighted by molar-refractivity contribution is 14.0. The number of guanidine groups is 1. The minimum Gasteiger partial charge on any atom is -0.489 e. The van der Waals surface area contributed by atoms with Crippen molar-refractivity contribution in [3.05, 3.63) is 65.7 Å². The van der Waals surface area contributed by atoms with E-state index in [1.807, 2.05) is 43.3 Å². The summed E-state index contributed by atoms with van der Waals surface area (Å²) in [6.07, 6.45) is 0. The van der Waals surface area contributed by atoms with Gasteiger partial charge >= 0.3 is 0 Å². The molecule has 26 heavy (non-hydrogen) atoms. The van der Waals surface area contributed by atoms with E-state index in [9.17, 15) is 0 Å². The Kier molecular flexibility index (Phi) is 11.5. The van der Waals surface area contributed by atoms with Crippen molar-refractivity contribution in [2.24, 2.45) is 4.99 Å². The van der Waals surface area contributed by atoms with Crippen molar-refractivity contribution >= 4 is 29.9 Å². The lowest BCUT2D eigenvalue weighted by molar-refractivity contribution is 0.152. The average Bonchev–Trinajstić information content (AvgIpc) is 2.67. The number of rotatable bonds is 9. The summed E-state index contributed by atoms with van der Waals surface area (Å²) in [7, 11) is 1.76. The zero-order valence-electron chi connectivity index (χ0n) is 15.4. The molecule has 0 aromatic heterocycles. The largest absolute Gasteiger partial charge is 0.489 e. The number of aliphatic imine (C=N–C) groups is 1. The smallest absolute Gasteiger partial charge is 0.191 e. The van der Waals surface area contributed by atoms with E-state index >= 15 is 0 Å². The highest BCUT2D eigenvalue weighted by Gasteiger charge is 2.01. The third kappa shape index (κ3) is 8.53. The zero-order valence-corrected chi connectivity index (χ0v) is 17.7. The van der Waals surface area contributed by atoms with Gasteiger partial charge in [-0.25, -0.2) is 0 Å². The van der Waals surface area contributed by atoms with Crippen LogP contribution in [0.5, 0.6) is 5.75 Å². The van der Waals surface area contributed by atoms with Crippen molar-refractivity contribution in [2.45, 2.75) is 20.1 Å². The van der Waals surface area contributed by atoms with Gasteiger partial charge in [-0.15, -0.1) is 24.0 Å². The van der Waals surface area contributed by atoms with Crippen molar-refractivity contribution in [1.29, 1.82) is 0 Å². The van der Waals surface area contributed by atoms with E-state index in [4.69, 9.17) is 9.47 Å². The number of nitrogens with zero attached hydrogens (tertiary/aromatic N) is 1. The molecular weight excluding hydrogens is 441 g/mol. The first-order chi connectivity index (χ1) is 12.3. The quantitative estimate of drug-likeness (QED) is 0.255. The van der Waals surface area contributed by atoms with Crippen LogP contribution in [0.1, 0.15) is 18.1 Å². The SMILES string of the molecule is CCOCCNC(=NC)NCc1cccc(OCc2ccccc2)c1.I. The molecule has 0 unspecified atom stereocenters. The van der Waals surface area contributed by atoms with E-state index in [1.54, 1.807) is 7.05 Å². The van der Waals surface area contributed by atoms with Crippen LogP contribution in [0.15, 0.2) is 59.6 Å². The normalized spacial score (nSPS) is 10.8. The van der Waals surface area contributed by atoms with E-state index in [0.29, 0.717) is 19.8 Å². The Morgan fingerprint density at radius 2 is 1.77 bits per heavy atom. The van der Waals surface area contributed by atoms with Crippen LogP contribution >= 0.6 is 24.0 Å². The Balaban J connectivity index is 0.00000338. The lowest BCUT2D eigenvalue weighted by Gasteiger charge is -2.13. The third-order valence-corrected chi connectivity index (χ3v) is 3.57. The van der Waals surface area contributed by atoms with Gasteiger partial charge in [-0.1, -0.05) is 42.5 Å². The Bertz CT molecular complexity index is 651. The van der Waals surface area contributed by atoms with Gasteiger partial charge in [-0.3, -0.25) is 4.99 Å². The fourth-order valence-electron chi connectivity index (χ4n) is 2.28. The van der Waals surface area contributed by atoms with Crippen molar-refractivity contribution < 1.29 is 9.47 Å². The molecule has 0 atom stereocenters. The van der Waals surface area contributed by atoms with Crippen molar-refractivity contribution in [3.63, 3.8) is 0 Å². The number of ether oxygens (including phenoxy) is 2. The summed E-state index contributed by atoms with van der Waals surface area (Å²) in [6.45, 7) is 5.35. The van der Waals surface area contributed by atoms with Gasteiger partial charge < -0.3 is 20.1 Å². The maximum Gasteiger partial charge on any atom is 0.191 e. The summed E-state index contributed by atoms with van der Waals surface area (Å²) < 4.78 is 11.2. The first kappa shape index (κ1) is 22.2. The number of hydrogen-bond donors (Lipinski definition) is 2. The predicted octanol–water partition coefficient (Wildman–Crippen LogP) is 3.59. The van der Waals surface area contributed by atoms with Crippen LogP contribution in [0.3, 0.4) is 0 Å². The summed E-state index contributed by atoms with van der Waals surface area (Å²) in [6, 6.07) is 18.2.